The van der Waals surface area contributed by atoms with Gasteiger partial charge in [0.05, 0.1) is 11.6 Å². The molecule has 1 rings (SSSR count). The number of amides is 1. The van der Waals surface area contributed by atoms with Gasteiger partial charge in [0, 0.05) is 13.6 Å². The van der Waals surface area contributed by atoms with Gasteiger partial charge in [0.2, 0.25) is 5.91 Å². The van der Waals surface area contributed by atoms with Crippen LogP contribution in [-0.4, -0.2) is 47.7 Å². The number of likely N-dealkylation sites (N-methyl/N-ethyl adjacent to an activating group) is 1. The van der Waals surface area contributed by atoms with E-state index >= 15 is 0 Å². The maximum absolute atomic E-state index is 12.5. The van der Waals surface area contributed by atoms with Crippen LogP contribution >= 0.6 is 0 Å². The monoisotopic (exact) mass is 242 g/mol. The third-order valence-electron chi connectivity index (χ3n) is 3.56. The van der Waals surface area contributed by atoms with Gasteiger partial charge in [0.15, 0.2) is 0 Å². The zero-order valence-electron chi connectivity index (χ0n) is 11.3. The SMILES string of the molecule is CCCC1(C(=O)N(C)CCC(C)O)CCCN1. The van der Waals surface area contributed by atoms with Crippen molar-refractivity contribution in [2.45, 2.75) is 57.6 Å². The second-order valence-electron chi connectivity index (χ2n) is 5.23. The Labute approximate surface area is 104 Å². The van der Waals surface area contributed by atoms with Crippen LogP contribution in [0.5, 0.6) is 0 Å². The van der Waals surface area contributed by atoms with E-state index in [2.05, 4.69) is 12.2 Å². The summed E-state index contributed by atoms with van der Waals surface area (Å²) in [6.07, 6.45) is 4.25. The lowest BCUT2D eigenvalue weighted by Gasteiger charge is -2.32. The highest BCUT2D eigenvalue weighted by molar-refractivity contribution is 5.86. The standard InChI is InChI=1S/C13H26N2O2/c1-4-7-13(8-5-9-14-13)12(17)15(3)10-6-11(2)16/h11,14,16H,4-10H2,1-3H3. The minimum Gasteiger partial charge on any atom is -0.393 e. The van der Waals surface area contributed by atoms with Crippen molar-refractivity contribution in [2.24, 2.45) is 0 Å². The number of nitrogens with one attached hydrogen (secondary N) is 1. The van der Waals surface area contributed by atoms with E-state index in [-0.39, 0.29) is 17.6 Å². The van der Waals surface area contributed by atoms with Gasteiger partial charge in [-0.3, -0.25) is 4.79 Å². The third kappa shape index (κ3) is 3.68. The van der Waals surface area contributed by atoms with Crippen LogP contribution in [0.25, 0.3) is 0 Å². The molecule has 1 saturated heterocycles. The number of hydrogen-bond acceptors (Lipinski definition) is 3. The maximum Gasteiger partial charge on any atom is 0.242 e. The van der Waals surface area contributed by atoms with Crippen LogP contribution in [0.1, 0.15) is 46.0 Å². The van der Waals surface area contributed by atoms with Crippen molar-refractivity contribution in [3.05, 3.63) is 0 Å². The van der Waals surface area contributed by atoms with Crippen molar-refractivity contribution in [1.29, 1.82) is 0 Å². The topological polar surface area (TPSA) is 52.6 Å². The zero-order valence-corrected chi connectivity index (χ0v) is 11.3. The van der Waals surface area contributed by atoms with Crippen molar-refractivity contribution in [2.75, 3.05) is 20.1 Å². The minimum absolute atomic E-state index is 0.192. The van der Waals surface area contributed by atoms with Crippen LogP contribution in [0.4, 0.5) is 0 Å². The molecule has 0 radical (unpaired) electrons. The molecule has 1 heterocycles. The summed E-state index contributed by atoms with van der Waals surface area (Å²) in [6.45, 7) is 5.44. The predicted octanol–water partition coefficient (Wildman–Crippen LogP) is 1.14. The van der Waals surface area contributed by atoms with Gasteiger partial charge in [-0.05, 0) is 39.2 Å². The lowest BCUT2D eigenvalue weighted by molar-refractivity contribution is -0.137. The number of hydrogen-bond donors (Lipinski definition) is 2. The summed E-state index contributed by atoms with van der Waals surface area (Å²) in [5.74, 6) is 0.192. The Morgan fingerprint density at radius 1 is 1.59 bits per heavy atom. The average Bonchev–Trinajstić information content (AvgIpc) is 2.75. The Morgan fingerprint density at radius 2 is 2.29 bits per heavy atom. The summed E-state index contributed by atoms with van der Waals surface area (Å²) in [4.78, 5) is 14.2. The van der Waals surface area contributed by atoms with E-state index in [9.17, 15) is 9.90 Å². The molecule has 1 amide bonds. The third-order valence-corrected chi connectivity index (χ3v) is 3.56. The molecule has 0 aromatic rings. The van der Waals surface area contributed by atoms with E-state index < -0.39 is 0 Å². The molecule has 0 aliphatic carbocycles. The van der Waals surface area contributed by atoms with Crippen LogP contribution < -0.4 is 5.32 Å². The molecule has 4 nitrogen and oxygen atoms in total. The summed E-state index contributed by atoms with van der Waals surface area (Å²) in [5.41, 5.74) is -0.331. The molecule has 0 bridgehead atoms. The fraction of sp³-hybridized carbons (Fsp3) is 0.923. The molecule has 17 heavy (non-hydrogen) atoms. The molecule has 2 N–H and O–H groups in total. The van der Waals surface area contributed by atoms with Crippen LogP contribution in [0.15, 0.2) is 0 Å². The second-order valence-corrected chi connectivity index (χ2v) is 5.23. The first-order valence-electron chi connectivity index (χ1n) is 6.70. The quantitative estimate of drug-likeness (QED) is 0.734. The Bertz CT molecular complexity index is 248. The van der Waals surface area contributed by atoms with E-state index in [1.165, 1.54) is 0 Å². The first kappa shape index (κ1) is 14.5. The molecule has 1 aliphatic rings. The number of carbonyl (C=O) groups is 1. The van der Waals surface area contributed by atoms with Crippen molar-refractivity contribution in [3.8, 4) is 0 Å². The molecular weight excluding hydrogens is 216 g/mol. The first-order valence-corrected chi connectivity index (χ1v) is 6.70. The molecule has 4 heteroatoms. The van der Waals surface area contributed by atoms with Gasteiger partial charge >= 0.3 is 0 Å². The van der Waals surface area contributed by atoms with Gasteiger partial charge in [-0.15, -0.1) is 0 Å². The van der Waals surface area contributed by atoms with Gasteiger partial charge in [-0.1, -0.05) is 13.3 Å². The summed E-state index contributed by atoms with van der Waals surface area (Å²) >= 11 is 0. The van der Waals surface area contributed by atoms with E-state index in [0.29, 0.717) is 13.0 Å². The number of carbonyl (C=O) groups excluding carboxylic acids is 1. The van der Waals surface area contributed by atoms with Gasteiger partial charge in [0.1, 0.15) is 0 Å². The summed E-state index contributed by atoms with van der Waals surface area (Å²) in [6, 6.07) is 0. The van der Waals surface area contributed by atoms with Crippen LogP contribution in [0.2, 0.25) is 0 Å². The Hall–Kier alpha value is -0.610. The lowest BCUT2D eigenvalue weighted by atomic mass is 9.90. The number of aliphatic hydroxyl groups excluding tert-OH is 1. The van der Waals surface area contributed by atoms with Crippen molar-refractivity contribution in [1.82, 2.24) is 10.2 Å². The van der Waals surface area contributed by atoms with Gasteiger partial charge in [-0.25, -0.2) is 0 Å². The zero-order chi connectivity index (χ0) is 12.9. The molecule has 1 aliphatic heterocycles. The lowest BCUT2D eigenvalue weighted by Crippen LogP contribution is -2.54. The molecule has 1 fully saturated rings. The normalized spacial score (nSPS) is 25.9. The summed E-state index contributed by atoms with van der Waals surface area (Å²) in [5, 5.41) is 12.6. The molecule has 0 spiro atoms. The number of aliphatic hydroxyl groups is 1. The molecule has 0 aromatic heterocycles. The number of rotatable bonds is 6. The molecule has 0 saturated carbocycles. The highest BCUT2D eigenvalue weighted by Crippen LogP contribution is 2.26. The number of nitrogens with zero attached hydrogens (tertiary/aromatic N) is 1. The summed E-state index contributed by atoms with van der Waals surface area (Å²) < 4.78 is 0. The van der Waals surface area contributed by atoms with Crippen LogP contribution in [0.3, 0.4) is 0 Å². The van der Waals surface area contributed by atoms with E-state index in [0.717, 1.165) is 32.2 Å². The van der Waals surface area contributed by atoms with Crippen molar-refractivity contribution in [3.63, 3.8) is 0 Å². The van der Waals surface area contributed by atoms with Crippen molar-refractivity contribution >= 4 is 5.91 Å². The maximum atomic E-state index is 12.5. The second kappa shape index (κ2) is 6.36. The van der Waals surface area contributed by atoms with E-state index in [1.807, 2.05) is 7.05 Å². The highest BCUT2D eigenvalue weighted by Gasteiger charge is 2.41. The Balaban J connectivity index is 2.58. The average molecular weight is 242 g/mol. The smallest absolute Gasteiger partial charge is 0.242 e. The highest BCUT2D eigenvalue weighted by atomic mass is 16.3. The molecule has 2 atom stereocenters. The molecule has 0 aromatic carbocycles. The molecule has 2 unspecified atom stereocenters. The van der Waals surface area contributed by atoms with Gasteiger partial charge in [-0.2, -0.15) is 0 Å². The van der Waals surface area contributed by atoms with Gasteiger partial charge in [0.25, 0.3) is 0 Å². The fourth-order valence-corrected chi connectivity index (χ4v) is 2.58. The predicted molar refractivity (Wildman–Crippen MR) is 68.8 cm³/mol. The Kier molecular flexibility index (Phi) is 5.40. The molecular formula is C13H26N2O2. The Morgan fingerprint density at radius 3 is 2.76 bits per heavy atom. The molecule has 100 valence electrons. The first-order chi connectivity index (χ1) is 8.02. The van der Waals surface area contributed by atoms with Crippen molar-refractivity contribution < 1.29 is 9.90 Å². The largest absolute Gasteiger partial charge is 0.393 e. The van der Waals surface area contributed by atoms with E-state index in [4.69, 9.17) is 0 Å². The van der Waals surface area contributed by atoms with Crippen LogP contribution in [0, 0.1) is 0 Å². The van der Waals surface area contributed by atoms with E-state index in [1.54, 1.807) is 11.8 Å². The van der Waals surface area contributed by atoms with Crippen LogP contribution in [-0.2, 0) is 4.79 Å². The fourth-order valence-electron chi connectivity index (χ4n) is 2.58. The minimum atomic E-state index is -0.344. The van der Waals surface area contributed by atoms with Gasteiger partial charge < -0.3 is 15.3 Å². The summed E-state index contributed by atoms with van der Waals surface area (Å²) in [7, 11) is 1.84.